The lowest BCUT2D eigenvalue weighted by molar-refractivity contribution is -0.113. The topological polar surface area (TPSA) is 58.2 Å². The molecule has 6 aromatic rings. The molecule has 0 spiro atoms. The minimum Gasteiger partial charge on any atom is -0.320 e. The Kier molecular flexibility index (Phi) is 8.21. The van der Waals surface area contributed by atoms with Gasteiger partial charge in [-0.1, -0.05) is 109 Å². The maximum Gasteiger partial charge on any atom is 0.275 e. The third-order valence-electron chi connectivity index (χ3n) is 7.38. The van der Waals surface area contributed by atoms with Gasteiger partial charge in [0.15, 0.2) is 0 Å². The molecule has 6 aromatic carbocycles. The maximum absolute atomic E-state index is 14.3. The Morgan fingerprint density at radius 3 is 1.53 bits per heavy atom. The second kappa shape index (κ2) is 12.7. The summed E-state index contributed by atoms with van der Waals surface area (Å²) in [5.74, 6) is 1.24. The summed E-state index contributed by atoms with van der Waals surface area (Å²) >= 11 is 0. The van der Waals surface area contributed by atoms with Crippen LogP contribution in [0.4, 0.5) is 5.69 Å². The maximum atomic E-state index is 14.3. The number of rotatable bonds is 8. The summed E-state index contributed by atoms with van der Waals surface area (Å²) in [5.41, 5.74) is 1.33. The predicted octanol–water partition coefficient (Wildman–Crippen LogP) is 7.04. The second-order valence-corrected chi connectivity index (χ2v) is 13.3. The first kappa shape index (κ1) is 27.8. The lowest BCUT2D eigenvalue weighted by Gasteiger charge is -2.25. The van der Waals surface area contributed by atoms with Crippen LogP contribution in [0.2, 0.25) is 0 Å². The summed E-state index contributed by atoms with van der Waals surface area (Å²) in [4.78, 5) is 27.9. The third-order valence-corrected chi connectivity index (χ3v) is 11.4. The summed E-state index contributed by atoms with van der Waals surface area (Å²) < 4.78 is 0. The standard InChI is InChI=1S/C38H29N2O2P/c41-37(30-17-5-1-6-18-30)40-36(38(42)39-35-27-15-19-29-16-13-14-26-34(29)35)28-43(31-20-7-2-8-21-31,32-22-9-3-10-23-32)33-24-11-4-12-25-33/h1-28H,(H-,39,40,41,42)/p+1/b36-28-. The van der Waals surface area contributed by atoms with Crippen LogP contribution in [-0.4, -0.2) is 11.8 Å². The van der Waals surface area contributed by atoms with Gasteiger partial charge in [-0.05, 0) is 60.0 Å². The average Bonchev–Trinajstić information content (AvgIpc) is 3.08. The van der Waals surface area contributed by atoms with E-state index in [1.54, 1.807) is 12.1 Å². The van der Waals surface area contributed by atoms with Gasteiger partial charge in [0.05, 0.1) is 0 Å². The normalized spacial score (nSPS) is 11.6. The van der Waals surface area contributed by atoms with Crippen molar-refractivity contribution in [2.24, 2.45) is 0 Å². The fourth-order valence-corrected chi connectivity index (χ4v) is 9.15. The van der Waals surface area contributed by atoms with E-state index in [0.29, 0.717) is 11.3 Å². The zero-order valence-electron chi connectivity index (χ0n) is 23.4. The van der Waals surface area contributed by atoms with Crippen LogP contribution in [0.3, 0.4) is 0 Å². The Labute approximate surface area is 252 Å². The molecule has 0 bridgehead atoms. The molecule has 4 nitrogen and oxygen atoms in total. The number of hydrogen-bond acceptors (Lipinski definition) is 2. The van der Waals surface area contributed by atoms with Gasteiger partial charge in [0.1, 0.15) is 34.7 Å². The van der Waals surface area contributed by atoms with E-state index in [4.69, 9.17) is 0 Å². The predicted molar refractivity (Wildman–Crippen MR) is 180 cm³/mol. The molecule has 0 aliphatic carbocycles. The number of carbonyl (C=O) groups excluding carboxylic acids is 2. The van der Waals surface area contributed by atoms with Crippen molar-refractivity contribution in [1.82, 2.24) is 5.32 Å². The number of carbonyl (C=O) groups is 2. The van der Waals surface area contributed by atoms with Crippen molar-refractivity contribution in [2.75, 3.05) is 5.32 Å². The Bertz CT molecular complexity index is 1790. The molecule has 6 rings (SSSR count). The highest BCUT2D eigenvalue weighted by atomic mass is 31.2. The van der Waals surface area contributed by atoms with Crippen LogP contribution in [0.25, 0.3) is 10.8 Å². The Morgan fingerprint density at radius 1 is 0.512 bits per heavy atom. The van der Waals surface area contributed by atoms with Crippen LogP contribution in [0.15, 0.2) is 175 Å². The molecule has 0 aliphatic rings. The molecule has 208 valence electrons. The van der Waals surface area contributed by atoms with Gasteiger partial charge in [-0.3, -0.25) is 9.59 Å². The molecule has 0 radical (unpaired) electrons. The summed E-state index contributed by atoms with van der Waals surface area (Å²) in [6.45, 7) is 0. The van der Waals surface area contributed by atoms with Crippen molar-refractivity contribution >= 4 is 51.5 Å². The summed E-state index contributed by atoms with van der Waals surface area (Å²) in [7, 11) is -2.60. The molecule has 0 fully saturated rings. The molecule has 2 amide bonds. The van der Waals surface area contributed by atoms with Crippen LogP contribution in [0.5, 0.6) is 0 Å². The van der Waals surface area contributed by atoms with Gasteiger partial charge in [-0.2, -0.15) is 0 Å². The van der Waals surface area contributed by atoms with Gasteiger partial charge in [-0.25, -0.2) is 0 Å². The number of benzene rings is 6. The van der Waals surface area contributed by atoms with Crippen LogP contribution in [-0.2, 0) is 4.79 Å². The van der Waals surface area contributed by atoms with Gasteiger partial charge >= 0.3 is 0 Å². The average molecular weight is 578 g/mol. The first-order valence-electron chi connectivity index (χ1n) is 14.1. The van der Waals surface area contributed by atoms with E-state index < -0.39 is 13.2 Å². The number of nitrogens with one attached hydrogen (secondary N) is 2. The van der Waals surface area contributed by atoms with Crippen LogP contribution in [0, 0.1) is 0 Å². The molecule has 5 heteroatoms. The molecule has 0 atom stereocenters. The number of fused-ring (bicyclic) bond motifs is 1. The molecule has 43 heavy (non-hydrogen) atoms. The molecule has 0 heterocycles. The van der Waals surface area contributed by atoms with Crippen LogP contribution < -0.4 is 26.5 Å². The largest absolute Gasteiger partial charge is 0.320 e. The number of amides is 2. The molecule has 0 saturated heterocycles. The quantitative estimate of drug-likeness (QED) is 0.151. The zero-order chi connectivity index (χ0) is 29.5. The van der Waals surface area contributed by atoms with E-state index in [-0.39, 0.29) is 11.6 Å². The van der Waals surface area contributed by atoms with Gasteiger partial charge in [0.2, 0.25) is 0 Å². The van der Waals surface area contributed by atoms with Gasteiger partial charge < -0.3 is 10.6 Å². The van der Waals surface area contributed by atoms with Crippen molar-refractivity contribution in [3.05, 3.63) is 181 Å². The van der Waals surface area contributed by atoms with Gasteiger partial charge in [-0.15, -0.1) is 0 Å². The molecular weight excluding hydrogens is 547 g/mol. The highest BCUT2D eigenvalue weighted by molar-refractivity contribution is 7.98. The molecule has 0 aromatic heterocycles. The fourth-order valence-electron chi connectivity index (χ4n) is 5.31. The van der Waals surface area contributed by atoms with Gasteiger partial charge in [0.25, 0.3) is 11.8 Å². The molecule has 0 aliphatic heterocycles. The van der Waals surface area contributed by atoms with E-state index in [1.165, 1.54) is 0 Å². The molecule has 0 saturated carbocycles. The van der Waals surface area contributed by atoms with Crippen molar-refractivity contribution in [2.45, 2.75) is 0 Å². The van der Waals surface area contributed by atoms with Crippen molar-refractivity contribution in [3.63, 3.8) is 0 Å². The van der Waals surface area contributed by atoms with Gasteiger partial charge in [0, 0.05) is 16.6 Å². The van der Waals surface area contributed by atoms with E-state index in [0.717, 1.165) is 26.7 Å². The summed E-state index contributed by atoms with van der Waals surface area (Å²) in [5, 5.41) is 11.2. The van der Waals surface area contributed by atoms with E-state index in [1.807, 2.05) is 121 Å². The highest BCUT2D eigenvalue weighted by Gasteiger charge is 2.45. The molecular formula is C38H30N2O2P+. The number of anilines is 1. The first-order valence-corrected chi connectivity index (χ1v) is 15.9. The Balaban J connectivity index is 1.57. The molecule has 0 unspecified atom stereocenters. The van der Waals surface area contributed by atoms with Crippen molar-refractivity contribution in [1.29, 1.82) is 0 Å². The number of hydrogen-bond donors (Lipinski definition) is 2. The Hall–Kier alpha value is -5.31. The fraction of sp³-hybridized carbons (Fsp3) is 0. The highest BCUT2D eigenvalue weighted by Crippen LogP contribution is 2.57. The monoisotopic (exact) mass is 577 g/mol. The Morgan fingerprint density at radius 2 is 0.977 bits per heavy atom. The minimum atomic E-state index is -2.60. The summed E-state index contributed by atoms with van der Waals surface area (Å²) in [6.07, 6.45) is 0. The zero-order valence-corrected chi connectivity index (χ0v) is 24.3. The van der Waals surface area contributed by atoms with E-state index >= 15 is 0 Å². The van der Waals surface area contributed by atoms with Crippen molar-refractivity contribution < 1.29 is 9.59 Å². The lowest BCUT2D eigenvalue weighted by Crippen LogP contribution is -2.35. The lowest BCUT2D eigenvalue weighted by atomic mass is 10.1. The SMILES string of the molecule is O=C(Nc1cccc2ccccc12)/C(=C/[P+](c1ccccc1)(c1ccccc1)c1ccccc1)NC(=O)c1ccccc1. The summed E-state index contributed by atoms with van der Waals surface area (Å²) in [6, 6.07) is 53.3. The first-order chi connectivity index (χ1) is 21.1. The van der Waals surface area contributed by atoms with Crippen molar-refractivity contribution in [3.8, 4) is 0 Å². The second-order valence-electron chi connectivity index (χ2n) is 10.1. The smallest absolute Gasteiger partial charge is 0.275 e. The van der Waals surface area contributed by atoms with E-state index in [2.05, 4.69) is 47.0 Å². The van der Waals surface area contributed by atoms with Crippen LogP contribution in [0.1, 0.15) is 10.4 Å². The minimum absolute atomic E-state index is 0.187. The molecule has 2 N–H and O–H groups in total. The third kappa shape index (κ3) is 5.88. The van der Waals surface area contributed by atoms with E-state index in [9.17, 15) is 9.59 Å². The van der Waals surface area contributed by atoms with Crippen LogP contribution >= 0.6 is 7.26 Å².